The Balaban J connectivity index is 1.63. The first-order valence-corrected chi connectivity index (χ1v) is 12.5. The lowest BCUT2D eigenvalue weighted by Crippen LogP contribution is -2.42. The van der Waals surface area contributed by atoms with E-state index in [0.29, 0.717) is 24.5 Å². The van der Waals surface area contributed by atoms with Crippen molar-refractivity contribution < 1.29 is 24.2 Å². The summed E-state index contributed by atoms with van der Waals surface area (Å²) in [6.07, 6.45) is 4.02. The third-order valence-electron chi connectivity index (χ3n) is 7.59. The normalized spacial score (nSPS) is 21.6. The molecular weight excluding hydrogens is 460 g/mol. The molecule has 190 valence electrons. The maximum atomic E-state index is 12.6. The summed E-state index contributed by atoms with van der Waals surface area (Å²) in [5.74, 6) is 0.371. The van der Waals surface area contributed by atoms with Crippen molar-refractivity contribution in [2.75, 3.05) is 24.4 Å². The molecule has 5 rings (SSSR count). The molecule has 3 aromatic rings. The summed E-state index contributed by atoms with van der Waals surface area (Å²) in [5, 5.41) is 13.0. The summed E-state index contributed by atoms with van der Waals surface area (Å²) in [6, 6.07) is 11.8. The van der Waals surface area contributed by atoms with Crippen LogP contribution in [-0.4, -0.2) is 47.0 Å². The summed E-state index contributed by atoms with van der Waals surface area (Å²) in [6.45, 7) is 2.03. The van der Waals surface area contributed by atoms with Crippen LogP contribution in [0, 0.1) is 5.92 Å². The number of imidazole rings is 1. The first kappa shape index (κ1) is 24.0. The van der Waals surface area contributed by atoms with Crippen molar-refractivity contribution >= 4 is 40.4 Å². The van der Waals surface area contributed by atoms with Gasteiger partial charge in [0.1, 0.15) is 5.75 Å². The molecule has 9 heteroatoms. The molecule has 1 aromatic heterocycles. The number of anilines is 3. The van der Waals surface area contributed by atoms with E-state index in [1.807, 2.05) is 43.3 Å². The van der Waals surface area contributed by atoms with Crippen LogP contribution in [0.5, 0.6) is 5.75 Å². The van der Waals surface area contributed by atoms with Gasteiger partial charge in [-0.1, -0.05) is 12.1 Å². The maximum Gasteiger partial charge on any atom is 0.414 e. The number of benzene rings is 2. The van der Waals surface area contributed by atoms with Gasteiger partial charge in [0.05, 0.1) is 42.5 Å². The van der Waals surface area contributed by atoms with Gasteiger partial charge in [-0.3, -0.25) is 9.69 Å². The Morgan fingerprint density at radius 2 is 1.81 bits per heavy atom. The molecular formula is C27H32N4O5. The lowest BCUT2D eigenvalue weighted by Gasteiger charge is -2.34. The van der Waals surface area contributed by atoms with Gasteiger partial charge in [-0.2, -0.15) is 0 Å². The molecule has 1 fully saturated rings. The number of hydrogen-bond donors (Lipinski definition) is 2. The van der Waals surface area contributed by atoms with Crippen LogP contribution in [0.1, 0.15) is 50.6 Å². The van der Waals surface area contributed by atoms with Crippen molar-refractivity contribution in [1.82, 2.24) is 9.55 Å². The number of fused-ring (bicyclic) bond motifs is 3. The number of ether oxygens (including phenoxy) is 2. The molecule has 1 aliphatic carbocycles. The summed E-state index contributed by atoms with van der Waals surface area (Å²) in [5.41, 5.74) is 4.48. The van der Waals surface area contributed by atoms with Crippen LogP contribution >= 0.6 is 0 Å². The molecule has 1 atom stereocenters. The number of amides is 1. The molecule has 2 heterocycles. The number of nitrogens with zero attached hydrogens (tertiary/aromatic N) is 3. The molecule has 36 heavy (non-hydrogen) atoms. The number of aromatic nitrogens is 2. The number of aliphatic carboxylic acids is 1. The Labute approximate surface area is 210 Å². The Hall–Kier alpha value is -3.75. The van der Waals surface area contributed by atoms with Crippen molar-refractivity contribution in [2.45, 2.75) is 57.5 Å². The monoisotopic (exact) mass is 492 g/mol. The van der Waals surface area contributed by atoms with Crippen molar-refractivity contribution in [3.05, 3.63) is 42.0 Å². The highest BCUT2D eigenvalue weighted by atomic mass is 16.5. The second-order valence-electron chi connectivity index (χ2n) is 9.63. The average molecular weight is 493 g/mol. The second kappa shape index (κ2) is 9.72. The third-order valence-corrected chi connectivity index (χ3v) is 7.59. The number of carboxylic acids is 1. The summed E-state index contributed by atoms with van der Waals surface area (Å²) in [7, 11) is 3.04. The van der Waals surface area contributed by atoms with Crippen LogP contribution in [-0.2, 0) is 16.0 Å². The SMILES string of the molecule is COC(=O)N1c2ccc3c(nc(Nc4ccccc4OC)n3C3CCC(C(=O)O)CC3)c2CCC1C. The van der Waals surface area contributed by atoms with E-state index >= 15 is 0 Å². The standard InChI is InChI=1S/C27H32N4O5/c1-16-8-13-19-21(30(16)27(34)36-3)14-15-22-24(19)29-26(28-20-6-4-5-7-23(20)35-2)31(22)18-11-9-17(10-12-18)25(32)33/h4-7,14-18H,8-13H2,1-3H3,(H,28,29)(H,32,33). The number of carbonyl (C=O) groups is 2. The van der Waals surface area contributed by atoms with Gasteiger partial charge >= 0.3 is 12.1 Å². The van der Waals surface area contributed by atoms with E-state index in [0.717, 1.165) is 53.7 Å². The first-order chi connectivity index (χ1) is 17.4. The Morgan fingerprint density at radius 1 is 1.06 bits per heavy atom. The maximum absolute atomic E-state index is 12.6. The topological polar surface area (TPSA) is 106 Å². The number of rotatable bonds is 5. The fourth-order valence-electron chi connectivity index (χ4n) is 5.68. The van der Waals surface area contributed by atoms with E-state index in [-0.39, 0.29) is 24.1 Å². The number of carboxylic acid groups (broad SMARTS) is 1. The number of carbonyl (C=O) groups excluding carboxylic acids is 1. The fraction of sp³-hybridized carbons (Fsp3) is 0.444. The highest BCUT2D eigenvalue weighted by Crippen LogP contribution is 2.42. The van der Waals surface area contributed by atoms with Gasteiger partial charge in [-0.15, -0.1) is 0 Å². The zero-order valence-electron chi connectivity index (χ0n) is 20.9. The summed E-state index contributed by atoms with van der Waals surface area (Å²) in [4.78, 5) is 30.9. The van der Waals surface area contributed by atoms with Gasteiger partial charge in [0.15, 0.2) is 0 Å². The lowest BCUT2D eigenvalue weighted by atomic mass is 9.86. The van der Waals surface area contributed by atoms with Gasteiger partial charge in [0.2, 0.25) is 5.95 Å². The van der Waals surface area contributed by atoms with E-state index < -0.39 is 5.97 Å². The first-order valence-electron chi connectivity index (χ1n) is 12.5. The molecule has 0 radical (unpaired) electrons. The van der Waals surface area contributed by atoms with Crippen molar-refractivity contribution in [1.29, 1.82) is 0 Å². The number of para-hydroxylation sites is 2. The van der Waals surface area contributed by atoms with E-state index in [2.05, 4.69) is 9.88 Å². The zero-order chi connectivity index (χ0) is 25.4. The van der Waals surface area contributed by atoms with Crippen molar-refractivity contribution in [2.24, 2.45) is 5.92 Å². The number of nitrogens with one attached hydrogen (secondary N) is 1. The van der Waals surface area contributed by atoms with Gasteiger partial charge in [-0.25, -0.2) is 9.78 Å². The number of methoxy groups -OCH3 is 2. The minimum Gasteiger partial charge on any atom is -0.495 e. The smallest absolute Gasteiger partial charge is 0.414 e. The highest BCUT2D eigenvalue weighted by Gasteiger charge is 2.34. The van der Waals surface area contributed by atoms with E-state index in [9.17, 15) is 14.7 Å². The van der Waals surface area contributed by atoms with E-state index in [1.165, 1.54) is 7.11 Å². The van der Waals surface area contributed by atoms with Crippen LogP contribution in [0.2, 0.25) is 0 Å². The molecule has 1 amide bonds. The summed E-state index contributed by atoms with van der Waals surface area (Å²) >= 11 is 0. The van der Waals surface area contributed by atoms with Crippen LogP contribution in [0.25, 0.3) is 11.0 Å². The van der Waals surface area contributed by atoms with Gasteiger partial charge in [0, 0.05) is 17.6 Å². The largest absolute Gasteiger partial charge is 0.495 e. The Bertz CT molecular complexity index is 1290. The van der Waals surface area contributed by atoms with Gasteiger partial charge < -0.3 is 24.5 Å². The predicted molar refractivity (Wildman–Crippen MR) is 137 cm³/mol. The lowest BCUT2D eigenvalue weighted by molar-refractivity contribution is -0.143. The molecule has 1 saturated carbocycles. The van der Waals surface area contributed by atoms with E-state index in [1.54, 1.807) is 12.0 Å². The Kier molecular flexibility index (Phi) is 6.47. The van der Waals surface area contributed by atoms with Crippen LogP contribution in [0.3, 0.4) is 0 Å². The molecule has 2 aromatic carbocycles. The van der Waals surface area contributed by atoms with Crippen molar-refractivity contribution in [3.63, 3.8) is 0 Å². The third kappa shape index (κ3) is 4.12. The predicted octanol–water partition coefficient (Wildman–Crippen LogP) is 5.51. The number of aryl methyl sites for hydroxylation is 1. The summed E-state index contributed by atoms with van der Waals surface area (Å²) < 4.78 is 12.8. The quantitative estimate of drug-likeness (QED) is 0.484. The molecule has 2 aliphatic rings. The fourth-order valence-corrected chi connectivity index (χ4v) is 5.68. The Morgan fingerprint density at radius 3 is 2.50 bits per heavy atom. The minimum absolute atomic E-state index is 0.0296. The molecule has 1 unspecified atom stereocenters. The molecule has 9 nitrogen and oxygen atoms in total. The van der Waals surface area contributed by atoms with Crippen LogP contribution in [0.15, 0.2) is 36.4 Å². The zero-order valence-corrected chi connectivity index (χ0v) is 20.9. The van der Waals surface area contributed by atoms with E-state index in [4.69, 9.17) is 14.5 Å². The van der Waals surface area contributed by atoms with Crippen LogP contribution in [0.4, 0.5) is 22.1 Å². The molecule has 0 bridgehead atoms. The van der Waals surface area contributed by atoms with Crippen molar-refractivity contribution in [3.8, 4) is 5.75 Å². The second-order valence-corrected chi connectivity index (χ2v) is 9.63. The molecule has 0 spiro atoms. The highest BCUT2D eigenvalue weighted by molar-refractivity contribution is 5.96. The minimum atomic E-state index is -0.720. The molecule has 1 aliphatic heterocycles. The molecule has 2 N–H and O–H groups in total. The van der Waals surface area contributed by atoms with Gasteiger partial charge in [0.25, 0.3) is 0 Å². The van der Waals surface area contributed by atoms with Gasteiger partial charge in [-0.05, 0) is 69.7 Å². The average Bonchev–Trinajstić information content (AvgIpc) is 3.26. The van der Waals surface area contributed by atoms with Crippen LogP contribution < -0.4 is 15.0 Å². The number of hydrogen-bond acceptors (Lipinski definition) is 6. The molecule has 0 saturated heterocycles.